The van der Waals surface area contributed by atoms with Gasteiger partial charge in [0.25, 0.3) is 5.91 Å². The standard InChI is InChI=1S/C20H22N4O3/c25-18(22-12-9-16-8-4-5-11-21-16)14-17-19(26)24(20(27)23-17)13-10-15-6-2-1-3-7-15/h1-8,11,17H,9-10,12-14H2,(H,22,25)(H,23,27). The third-order valence-electron chi connectivity index (χ3n) is 4.39. The van der Waals surface area contributed by atoms with Crippen LogP contribution in [0.5, 0.6) is 0 Å². The summed E-state index contributed by atoms with van der Waals surface area (Å²) in [4.78, 5) is 41.9. The Morgan fingerprint density at radius 2 is 1.85 bits per heavy atom. The van der Waals surface area contributed by atoms with Gasteiger partial charge in [-0.05, 0) is 24.1 Å². The lowest BCUT2D eigenvalue weighted by Crippen LogP contribution is -2.37. The van der Waals surface area contributed by atoms with Gasteiger partial charge < -0.3 is 10.6 Å². The minimum Gasteiger partial charge on any atom is -0.356 e. The summed E-state index contributed by atoms with van der Waals surface area (Å²) in [7, 11) is 0. The maximum absolute atomic E-state index is 12.4. The van der Waals surface area contributed by atoms with Crippen LogP contribution in [0.2, 0.25) is 0 Å². The highest BCUT2D eigenvalue weighted by atomic mass is 16.2. The normalized spacial score (nSPS) is 16.3. The molecule has 1 aliphatic rings. The molecule has 1 fully saturated rings. The number of pyridine rings is 1. The van der Waals surface area contributed by atoms with Gasteiger partial charge in [-0.25, -0.2) is 4.79 Å². The number of nitrogens with one attached hydrogen (secondary N) is 2. The first-order chi connectivity index (χ1) is 13.1. The number of rotatable bonds is 8. The molecule has 2 heterocycles. The van der Waals surface area contributed by atoms with E-state index in [-0.39, 0.29) is 18.2 Å². The monoisotopic (exact) mass is 366 g/mol. The Balaban J connectivity index is 1.44. The number of hydrogen-bond donors (Lipinski definition) is 2. The number of benzene rings is 1. The zero-order valence-electron chi connectivity index (χ0n) is 14.9. The maximum atomic E-state index is 12.4. The smallest absolute Gasteiger partial charge is 0.324 e. The molecule has 0 bridgehead atoms. The molecule has 7 heteroatoms. The number of nitrogens with zero attached hydrogens (tertiary/aromatic N) is 2. The molecule has 2 N–H and O–H groups in total. The lowest BCUT2D eigenvalue weighted by Gasteiger charge is -2.13. The van der Waals surface area contributed by atoms with Gasteiger partial charge in [0, 0.05) is 31.4 Å². The van der Waals surface area contributed by atoms with Gasteiger partial charge in [-0.3, -0.25) is 19.5 Å². The van der Waals surface area contributed by atoms with Crippen molar-refractivity contribution in [2.45, 2.75) is 25.3 Å². The molecule has 140 valence electrons. The van der Waals surface area contributed by atoms with Gasteiger partial charge in [0.05, 0.1) is 6.42 Å². The highest BCUT2D eigenvalue weighted by Crippen LogP contribution is 2.11. The van der Waals surface area contributed by atoms with Crippen molar-refractivity contribution in [1.29, 1.82) is 0 Å². The second-order valence-corrected chi connectivity index (χ2v) is 6.35. The molecule has 0 aliphatic carbocycles. The SMILES string of the molecule is O=C(CC1NC(=O)N(CCc2ccccc2)C1=O)NCCc1ccccn1. The summed E-state index contributed by atoms with van der Waals surface area (Å²) in [5.41, 5.74) is 1.93. The Morgan fingerprint density at radius 3 is 2.59 bits per heavy atom. The van der Waals surface area contributed by atoms with Crippen molar-refractivity contribution in [2.24, 2.45) is 0 Å². The van der Waals surface area contributed by atoms with E-state index < -0.39 is 12.1 Å². The molecule has 1 saturated heterocycles. The summed E-state index contributed by atoms with van der Waals surface area (Å²) in [6.45, 7) is 0.731. The number of amides is 4. The number of urea groups is 1. The predicted molar refractivity (Wildman–Crippen MR) is 99.7 cm³/mol. The van der Waals surface area contributed by atoms with Crippen molar-refractivity contribution in [3.63, 3.8) is 0 Å². The fraction of sp³-hybridized carbons (Fsp3) is 0.300. The molecule has 1 aromatic heterocycles. The minimum absolute atomic E-state index is 0.0609. The molecule has 3 rings (SSSR count). The molecule has 1 unspecified atom stereocenters. The summed E-state index contributed by atoms with van der Waals surface area (Å²) in [5.74, 6) is -0.620. The number of aromatic nitrogens is 1. The lowest BCUT2D eigenvalue weighted by molar-refractivity contribution is -0.130. The molecule has 0 radical (unpaired) electrons. The van der Waals surface area contributed by atoms with Crippen LogP contribution in [0.1, 0.15) is 17.7 Å². The molecule has 1 atom stereocenters. The summed E-state index contributed by atoms with van der Waals surface area (Å²) in [6.07, 6.45) is 2.84. The highest BCUT2D eigenvalue weighted by Gasteiger charge is 2.38. The summed E-state index contributed by atoms with van der Waals surface area (Å²) < 4.78 is 0. The van der Waals surface area contributed by atoms with Crippen LogP contribution in [0.3, 0.4) is 0 Å². The Kier molecular flexibility index (Phi) is 6.14. The van der Waals surface area contributed by atoms with Gasteiger partial charge in [0.15, 0.2) is 0 Å². The average Bonchev–Trinajstić information content (AvgIpc) is 2.94. The van der Waals surface area contributed by atoms with Crippen LogP contribution in [0.25, 0.3) is 0 Å². The van der Waals surface area contributed by atoms with E-state index in [1.807, 2.05) is 48.5 Å². The first-order valence-corrected chi connectivity index (χ1v) is 8.96. The topological polar surface area (TPSA) is 91.4 Å². The zero-order chi connectivity index (χ0) is 19.1. The van der Waals surface area contributed by atoms with Crippen LogP contribution in [-0.2, 0) is 22.4 Å². The van der Waals surface area contributed by atoms with E-state index in [1.54, 1.807) is 6.20 Å². The van der Waals surface area contributed by atoms with Crippen molar-refractivity contribution in [2.75, 3.05) is 13.1 Å². The molecule has 0 saturated carbocycles. The zero-order valence-corrected chi connectivity index (χ0v) is 14.9. The van der Waals surface area contributed by atoms with E-state index in [0.717, 1.165) is 11.3 Å². The minimum atomic E-state index is -0.803. The van der Waals surface area contributed by atoms with E-state index >= 15 is 0 Å². The Morgan fingerprint density at radius 1 is 1.07 bits per heavy atom. The van der Waals surface area contributed by atoms with Crippen LogP contribution in [0, 0.1) is 0 Å². The maximum Gasteiger partial charge on any atom is 0.324 e. The third kappa shape index (κ3) is 5.13. The Bertz CT molecular complexity index is 795. The Labute approximate surface area is 157 Å². The van der Waals surface area contributed by atoms with Crippen molar-refractivity contribution < 1.29 is 14.4 Å². The summed E-state index contributed by atoms with van der Waals surface area (Å²) >= 11 is 0. The molecule has 7 nitrogen and oxygen atoms in total. The number of carbonyl (C=O) groups excluding carboxylic acids is 3. The molecule has 2 aromatic rings. The molecule has 27 heavy (non-hydrogen) atoms. The summed E-state index contributed by atoms with van der Waals surface area (Å²) in [6, 6.07) is 14.0. The second kappa shape index (κ2) is 8.93. The van der Waals surface area contributed by atoms with Gasteiger partial charge in [-0.15, -0.1) is 0 Å². The van der Waals surface area contributed by atoms with E-state index in [2.05, 4.69) is 15.6 Å². The first-order valence-electron chi connectivity index (χ1n) is 8.96. The van der Waals surface area contributed by atoms with Crippen molar-refractivity contribution >= 4 is 17.8 Å². The highest BCUT2D eigenvalue weighted by molar-refractivity contribution is 6.05. The molecule has 0 spiro atoms. The molecule has 1 aliphatic heterocycles. The fourth-order valence-electron chi connectivity index (χ4n) is 2.95. The number of hydrogen-bond acceptors (Lipinski definition) is 4. The van der Waals surface area contributed by atoms with Crippen LogP contribution in [-0.4, -0.2) is 46.9 Å². The van der Waals surface area contributed by atoms with Crippen LogP contribution in [0.4, 0.5) is 4.79 Å². The predicted octanol–water partition coefficient (Wildman–Crippen LogP) is 1.29. The third-order valence-corrected chi connectivity index (χ3v) is 4.39. The van der Waals surface area contributed by atoms with E-state index in [9.17, 15) is 14.4 Å². The van der Waals surface area contributed by atoms with Crippen molar-refractivity contribution in [3.05, 3.63) is 66.0 Å². The van der Waals surface area contributed by atoms with Gasteiger partial charge in [0.2, 0.25) is 5.91 Å². The van der Waals surface area contributed by atoms with E-state index in [1.165, 1.54) is 4.90 Å². The first kappa shape index (κ1) is 18.6. The largest absolute Gasteiger partial charge is 0.356 e. The molecular weight excluding hydrogens is 344 g/mol. The average molecular weight is 366 g/mol. The van der Waals surface area contributed by atoms with Crippen molar-refractivity contribution in [3.8, 4) is 0 Å². The van der Waals surface area contributed by atoms with Gasteiger partial charge >= 0.3 is 6.03 Å². The van der Waals surface area contributed by atoms with Crippen LogP contribution < -0.4 is 10.6 Å². The van der Waals surface area contributed by atoms with Crippen molar-refractivity contribution in [1.82, 2.24) is 20.5 Å². The summed E-state index contributed by atoms with van der Waals surface area (Å²) in [5, 5.41) is 5.36. The Hall–Kier alpha value is -3.22. The van der Waals surface area contributed by atoms with Gasteiger partial charge in [0.1, 0.15) is 6.04 Å². The molecule has 4 amide bonds. The van der Waals surface area contributed by atoms with E-state index in [4.69, 9.17) is 0 Å². The van der Waals surface area contributed by atoms with Crippen LogP contribution in [0.15, 0.2) is 54.7 Å². The van der Waals surface area contributed by atoms with Gasteiger partial charge in [-0.1, -0.05) is 36.4 Å². The molecular formula is C20H22N4O3. The van der Waals surface area contributed by atoms with E-state index in [0.29, 0.717) is 25.9 Å². The quantitative estimate of drug-likeness (QED) is 0.689. The lowest BCUT2D eigenvalue weighted by atomic mass is 10.1. The van der Waals surface area contributed by atoms with Crippen LogP contribution >= 0.6 is 0 Å². The number of imide groups is 1. The van der Waals surface area contributed by atoms with Gasteiger partial charge in [-0.2, -0.15) is 0 Å². The second-order valence-electron chi connectivity index (χ2n) is 6.35. The fourth-order valence-corrected chi connectivity index (χ4v) is 2.95. The molecule has 1 aromatic carbocycles. The number of carbonyl (C=O) groups is 3.